The highest BCUT2D eigenvalue weighted by Crippen LogP contribution is 2.18. The van der Waals surface area contributed by atoms with E-state index in [4.69, 9.17) is 5.73 Å². The van der Waals surface area contributed by atoms with Crippen molar-refractivity contribution in [2.75, 3.05) is 19.6 Å². The SMILES string of the molecule is CC(C)CN1CCC(NC(=O)[C@@H](N)C(C)(C)C)CC1. The average molecular weight is 269 g/mol. The van der Waals surface area contributed by atoms with Crippen LogP contribution in [0.1, 0.15) is 47.5 Å². The Morgan fingerprint density at radius 3 is 2.26 bits per heavy atom. The van der Waals surface area contributed by atoms with Crippen LogP contribution in [0, 0.1) is 11.3 Å². The van der Waals surface area contributed by atoms with Gasteiger partial charge in [0.1, 0.15) is 0 Å². The molecule has 0 aliphatic carbocycles. The largest absolute Gasteiger partial charge is 0.352 e. The van der Waals surface area contributed by atoms with Crippen molar-refractivity contribution >= 4 is 5.91 Å². The van der Waals surface area contributed by atoms with Gasteiger partial charge in [0.25, 0.3) is 0 Å². The van der Waals surface area contributed by atoms with Crippen LogP contribution in [0.15, 0.2) is 0 Å². The molecule has 0 bridgehead atoms. The van der Waals surface area contributed by atoms with Gasteiger partial charge in [-0.25, -0.2) is 0 Å². The van der Waals surface area contributed by atoms with E-state index in [1.54, 1.807) is 0 Å². The summed E-state index contributed by atoms with van der Waals surface area (Å²) in [6, 6.07) is -0.134. The molecule has 1 rings (SSSR count). The van der Waals surface area contributed by atoms with E-state index >= 15 is 0 Å². The summed E-state index contributed by atoms with van der Waals surface area (Å²) >= 11 is 0. The molecule has 4 nitrogen and oxygen atoms in total. The number of nitrogens with zero attached hydrogens (tertiary/aromatic N) is 1. The zero-order valence-electron chi connectivity index (χ0n) is 13.2. The van der Waals surface area contributed by atoms with Crippen molar-refractivity contribution in [1.82, 2.24) is 10.2 Å². The van der Waals surface area contributed by atoms with Crippen molar-refractivity contribution in [2.45, 2.75) is 59.5 Å². The molecule has 0 aromatic rings. The third-order valence-electron chi connectivity index (χ3n) is 3.77. The van der Waals surface area contributed by atoms with Crippen LogP contribution in [0.3, 0.4) is 0 Å². The Labute approximate surface area is 118 Å². The van der Waals surface area contributed by atoms with Crippen molar-refractivity contribution in [3.8, 4) is 0 Å². The van der Waals surface area contributed by atoms with E-state index in [2.05, 4.69) is 24.1 Å². The third-order valence-corrected chi connectivity index (χ3v) is 3.77. The number of carbonyl (C=O) groups is 1. The lowest BCUT2D eigenvalue weighted by Crippen LogP contribution is -2.53. The lowest BCUT2D eigenvalue weighted by Gasteiger charge is -2.35. The van der Waals surface area contributed by atoms with Gasteiger partial charge in [0.05, 0.1) is 6.04 Å². The van der Waals surface area contributed by atoms with Crippen LogP contribution in [0.4, 0.5) is 0 Å². The van der Waals surface area contributed by atoms with Gasteiger partial charge >= 0.3 is 0 Å². The fourth-order valence-corrected chi connectivity index (χ4v) is 2.46. The van der Waals surface area contributed by atoms with E-state index in [0.717, 1.165) is 32.5 Å². The first-order valence-corrected chi connectivity index (χ1v) is 7.48. The molecule has 1 saturated heterocycles. The van der Waals surface area contributed by atoms with Crippen molar-refractivity contribution in [3.63, 3.8) is 0 Å². The molecule has 0 radical (unpaired) electrons. The van der Waals surface area contributed by atoms with Crippen LogP contribution in [-0.2, 0) is 4.79 Å². The maximum absolute atomic E-state index is 12.1. The van der Waals surface area contributed by atoms with Gasteiger partial charge in [-0.3, -0.25) is 4.79 Å². The monoisotopic (exact) mass is 269 g/mol. The van der Waals surface area contributed by atoms with E-state index in [-0.39, 0.29) is 11.3 Å². The smallest absolute Gasteiger partial charge is 0.237 e. The van der Waals surface area contributed by atoms with Gasteiger partial charge in [-0.2, -0.15) is 0 Å². The number of amides is 1. The van der Waals surface area contributed by atoms with Crippen LogP contribution < -0.4 is 11.1 Å². The Morgan fingerprint density at radius 2 is 1.84 bits per heavy atom. The summed E-state index contributed by atoms with van der Waals surface area (Å²) in [5, 5.41) is 3.11. The summed E-state index contributed by atoms with van der Waals surface area (Å²) in [7, 11) is 0. The number of piperidine rings is 1. The molecular weight excluding hydrogens is 238 g/mol. The third kappa shape index (κ3) is 5.49. The van der Waals surface area contributed by atoms with E-state index in [1.807, 2.05) is 20.8 Å². The molecule has 112 valence electrons. The van der Waals surface area contributed by atoms with E-state index in [1.165, 1.54) is 0 Å². The maximum Gasteiger partial charge on any atom is 0.237 e. The number of nitrogens with two attached hydrogens (primary N) is 1. The molecule has 19 heavy (non-hydrogen) atoms. The van der Waals surface area contributed by atoms with Crippen LogP contribution in [-0.4, -0.2) is 42.5 Å². The molecule has 1 aliphatic rings. The first-order chi connectivity index (χ1) is 8.70. The number of carbonyl (C=O) groups excluding carboxylic acids is 1. The number of hydrogen-bond donors (Lipinski definition) is 2. The van der Waals surface area contributed by atoms with Crippen LogP contribution >= 0.6 is 0 Å². The molecule has 1 atom stereocenters. The number of likely N-dealkylation sites (tertiary alicyclic amines) is 1. The Balaban J connectivity index is 2.35. The predicted molar refractivity (Wildman–Crippen MR) is 79.9 cm³/mol. The van der Waals surface area contributed by atoms with Crippen molar-refractivity contribution in [1.29, 1.82) is 0 Å². The highest BCUT2D eigenvalue weighted by atomic mass is 16.2. The Morgan fingerprint density at radius 1 is 1.32 bits per heavy atom. The van der Waals surface area contributed by atoms with Gasteiger partial charge in [-0.15, -0.1) is 0 Å². The Bertz CT molecular complexity index is 288. The molecule has 0 spiro atoms. The second-order valence-electron chi connectivity index (χ2n) is 7.32. The number of hydrogen-bond acceptors (Lipinski definition) is 3. The van der Waals surface area contributed by atoms with Crippen LogP contribution in [0.5, 0.6) is 0 Å². The number of rotatable bonds is 4. The summed E-state index contributed by atoms with van der Waals surface area (Å²) in [4.78, 5) is 14.6. The first kappa shape index (κ1) is 16.4. The summed E-state index contributed by atoms with van der Waals surface area (Å²) in [5.41, 5.74) is 5.80. The molecule has 0 aromatic heterocycles. The summed E-state index contributed by atoms with van der Waals surface area (Å²) in [6.45, 7) is 13.8. The zero-order chi connectivity index (χ0) is 14.6. The molecule has 3 N–H and O–H groups in total. The highest BCUT2D eigenvalue weighted by molar-refractivity contribution is 5.82. The molecule has 0 saturated carbocycles. The van der Waals surface area contributed by atoms with Gasteiger partial charge in [-0.1, -0.05) is 34.6 Å². The first-order valence-electron chi connectivity index (χ1n) is 7.48. The summed E-state index contributed by atoms with van der Waals surface area (Å²) in [5.74, 6) is 0.704. The normalized spacial score (nSPS) is 20.6. The molecule has 1 amide bonds. The molecule has 0 aromatic carbocycles. The topological polar surface area (TPSA) is 58.4 Å². The standard InChI is InChI=1S/C15H31N3O/c1-11(2)10-18-8-6-12(7-9-18)17-14(19)13(16)15(3,4)5/h11-13H,6-10,16H2,1-5H3,(H,17,19)/t13-/m1/s1. The Hall–Kier alpha value is -0.610. The van der Waals surface area contributed by atoms with Gasteiger partial charge in [0.15, 0.2) is 0 Å². The van der Waals surface area contributed by atoms with E-state index in [9.17, 15) is 4.79 Å². The van der Waals surface area contributed by atoms with Gasteiger partial charge in [0.2, 0.25) is 5.91 Å². The maximum atomic E-state index is 12.1. The van der Waals surface area contributed by atoms with Crippen LogP contribution in [0.2, 0.25) is 0 Å². The van der Waals surface area contributed by atoms with Crippen molar-refractivity contribution in [2.24, 2.45) is 17.1 Å². The lowest BCUT2D eigenvalue weighted by atomic mass is 9.86. The average Bonchev–Trinajstić information content (AvgIpc) is 2.28. The zero-order valence-corrected chi connectivity index (χ0v) is 13.2. The van der Waals surface area contributed by atoms with Gasteiger partial charge in [0, 0.05) is 25.7 Å². The second-order valence-corrected chi connectivity index (χ2v) is 7.32. The molecule has 1 aliphatic heterocycles. The number of nitrogens with one attached hydrogen (secondary N) is 1. The highest BCUT2D eigenvalue weighted by Gasteiger charge is 2.29. The van der Waals surface area contributed by atoms with Gasteiger partial charge in [-0.05, 0) is 24.2 Å². The second kappa shape index (κ2) is 6.71. The molecule has 1 fully saturated rings. The van der Waals surface area contributed by atoms with E-state index < -0.39 is 6.04 Å². The minimum Gasteiger partial charge on any atom is -0.352 e. The molecule has 0 unspecified atom stereocenters. The van der Waals surface area contributed by atoms with Crippen LogP contribution in [0.25, 0.3) is 0 Å². The van der Waals surface area contributed by atoms with Crippen molar-refractivity contribution in [3.05, 3.63) is 0 Å². The minimum atomic E-state index is -0.429. The van der Waals surface area contributed by atoms with E-state index in [0.29, 0.717) is 12.0 Å². The fraction of sp³-hybridized carbons (Fsp3) is 0.933. The minimum absolute atomic E-state index is 0.00481. The van der Waals surface area contributed by atoms with Crippen molar-refractivity contribution < 1.29 is 4.79 Å². The Kier molecular flexibility index (Phi) is 5.81. The molecule has 1 heterocycles. The summed E-state index contributed by atoms with van der Waals surface area (Å²) < 4.78 is 0. The van der Waals surface area contributed by atoms with Gasteiger partial charge < -0.3 is 16.0 Å². The fourth-order valence-electron chi connectivity index (χ4n) is 2.46. The summed E-state index contributed by atoms with van der Waals surface area (Å²) in [6.07, 6.45) is 2.07. The predicted octanol–water partition coefficient (Wildman–Crippen LogP) is 1.60. The quantitative estimate of drug-likeness (QED) is 0.815. The lowest BCUT2D eigenvalue weighted by molar-refractivity contribution is -0.125. The molecule has 4 heteroatoms. The molecular formula is C15H31N3O.